The number of rotatable bonds is 7. The van der Waals surface area contributed by atoms with Gasteiger partial charge >= 0.3 is 0 Å². The molecule has 1 unspecified atom stereocenters. The maximum Gasteiger partial charge on any atom is 0.152 e. The predicted octanol–water partition coefficient (Wildman–Crippen LogP) is 2.23. The molecule has 1 rings (SSSR count). The molecule has 1 N–H and O–H groups in total. The van der Waals surface area contributed by atoms with Crippen molar-refractivity contribution in [1.82, 2.24) is 5.32 Å². The van der Waals surface area contributed by atoms with Crippen LogP contribution in [0.4, 0.5) is 0 Å². The minimum atomic E-state index is -2.90. The standard InChI is InChI=1S/C13H27NO2S/c1-4-14-13(12-7-5-6-8-12)10-17(15,16)9-11(2)3/h11-14H,4-10H2,1-3H3. The number of sulfone groups is 1. The van der Waals surface area contributed by atoms with Crippen molar-refractivity contribution in [2.45, 2.75) is 52.5 Å². The summed E-state index contributed by atoms with van der Waals surface area (Å²) in [6.07, 6.45) is 4.90. The third-order valence-electron chi connectivity index (χ3n) is 3.46. The van der Waals surface area contributed by atoms with Gasteiger partial charge in [0.05, 0.1) is 11.5 Å². The first-order chi connectivity index (χ1) is 7.94. The SMILES string of the molecule is CCNC(CS(=O)(=O)CC(C)C)C1CCCC1. The zero-order valence-electron chi connectivity index (χ0n) is 11.4. The van der Waals surface area contributed by atoms with Crippen molar-refractivity contribution in [2.24, 2.45) is 11.8 Å². The Hall–Kier alpha value is -0.0900. The Balaban J connectivity index is 2.59. The summed E-state index contributed by atoms with van der Waals surface area (Å²) >= 11 is 0. The summed E-state index contributed by atoms with van der Waals surface area (Å²) in [5.74, 6) is 1.44. The Bertz CT molecular complexity index is 305. The van der Waals surface area contributed by atoms with Crippen molar-refractivity contribution in [2.75, 3.05) is 18.1 Å². The van der Waals surface area contributed by atoms with Crippen LogP contribution in [0.25, 0.3) is 0 Å². The lowest BCUT2D eigenvalue weighted by molar-refractivity contribution is 0.388. The van der Waals surface area contributed by atoms with E-state index < -0.39 is 9.84 Å². The van der Waals surface area contributed by atoms with Gasteiger partial charge in [-0.2, -0.15) is 0 Å². The maximum absolute atomic E-state index is 12.0. The van der Waals surface area contributed by atoms with Crippen LogP contribution < -0.4 is 5.32 Å². The van der Waals surface area contributed by atoms with Gasteiger partial charge in [0, 0.05) is 6.04 Å². The number of hydrogen-bond acceptors (Lipinski definition) is 3. The van der Waals surface area contributed by atoms with Crippen molar-refractivity contribution < 1.29 is 8.42 Å². The van der Waals surface area contributed by atoms with E-state index in [4.69, 9.17) is 0 Å². The van der Waals surface area contributed by atoms with E-state index in [2.05, 4.69) is 12.2 Å². The molecule has 17 heavy (non-hydrogen) atoms. The van der Waals surface area contributed by atoms with Gasteiger partial charge in [-0.05, 0) is 31.2 Å². The molecule has 0 bridgehead atoms. The van der Waals surface area contributed by atoms with Crippen LogP contribution in [0.2, 0.25) is 0 Å². The second-order valence-corrected chi connectivity index (χ2v) is 7.83. The third kappa shape index (κ3) is 5.38. The van der Waals surface area contributed by atoms with Crippen molar-refractivity contribution in [3.05, 3.63) is 0 Å². The Morgan fingerprint density at radius 2 is 1.76 bits per heavy atom. The van der Waals surface area contributed by atoms with Crippen molar-refractivity contribution in [1.29, 1.82) is 0 Å². The summed E-state index contributed by atoms with van der Waals surface area (Å²) in [5.41, 5.74) is 0. The van der Waals surface area contributed by atoms with Gasteiger partial charge in [0.15, 0.2) is 9.84 Å². The van der Waals surface area contributed by atoms with Gasteiger partial charge in [-0.25, -0.2) is 8.42 Å². The molecule has 0 aromatic carbocycles. The topological polar surface area (TPSA) is 46.2 Å². The first kappa shape index (κ1) is 15.0. The molecule has 1 saturated carbocycles. The Morgan fingerprint density at radius 1 is 1.18 bits per heavy atom. The third-order valence-corrected chi connectivity index (χ3v) is 5.50. The van der Waals surface area contributed by atoms with E-state index in [-0.39, 0.29) is 12.0 Å². The van der Waals surface area contributed by atoms with E-state index in [1.165, 1.54) is 25.7 Å². The zero-order valence-corrected chi connectivity index (χ0v) is 12.2. The molecule has 0 amide bonds. The van der Waals surface area contributed by atoms with Crippen LogP contribution in [0.3, 0.4) is 0 Å². The van der Waals surface area contributed by atoms with Gasteiger partial charge in [0.1, 0.15) is 0 Å². The van der Waals surface area contributed by atoms with Crippen LogP contribution in [0.1, 0.15) is 46.5 Å². The quantitative estimate of drug-likeness (QED) is 0.764. The molecule has 1 atom stereocenters. The molecule has 0 spiro atoms. The first-order valence-corrected chi connectivity index (χ1v) is 8.70. The van der Waals surface area contributed by atoms with Gasteiger partial charge in [-0.3, -0.25) is 0 Å². The van der Waals surface area contributed by atoms with Crippen LogP contribution in [0.5, 0.6) is 0 Å². The largest absolute Gasteiger partial charge is 0.313 e. The summed E-state index contributed by atoms with van der Waals surface area (Å²) in [5, 5.41) is 3.37. The summed E-state index contributed by atoms with van der Waals surface area (Å²) < 4.78 is 24.1. The number of nitrogens with one attached hydrogen (secondary N) is 1. The fraction of sp³-hybridized carbons (Fsp3) is 1.00. The summed E-state index contributed by atoms with van der Waals surface area (Å²) in [4.78, 5) is 0. The molecule has 1 fully saturated rings. The monoisotopic (exact) mass is 261 g/mol. The first-order valence-electron chi connectivity index (χ1n) is 6.88. The molecule has 0 saturated heterocycles. The molecule has 0 aromatic rings. The lowest BCUT2D eigenvalue weighted by Gasteiger charge is -2.24. The molecule has 1 aliphatic carbocycles. The predicted molar refractivity (Wildman–Crippen MR) is 72.9 cm³/mol. The lowest BCUT2D eigenvalue weighted by atomic mass is 10.00. The minimum Gasteiger partial charge on any atom is -0.313 e. The minimum absolute atomic E-state index is 0.172. The van der Waals surface area contributed by atoms with Crippen molar-refractivity contribution in [3.63, 3.8) is 0 Å². The molecule has 0 aromatic heterocycles. The molecular weight excluding hydrogens is 234 g/mol. The van der Waals surface area contributed by atoms with E-state index in [1.807, 2.05) is 13.8 Å². The molecule has 102 valence electrons. The van der Waals surface area contributed by atoms with E-state index in [9.17, 15) is 8.42 Å². The van der Waals surface area contributed by atoms with Crippen LogP contribution in [0, 0.1) is 11.8 Å². The highest BCUT2D eigenvalue weighted by molar-refractivity contribution is 7.91. The molecular formula is C13H27NO2S. The Labute approximate surface area is 106 Å². The fourth-order valence-corrected chi connectivity index (χ4v) is 4.92. The Morgan fingerprint density at radius 3 is 2.24 bits per heavy atom. The number of hydrogen-bond donors (Lipinski definition) is 1. The van der Waals surface area contributed by atoms with Gasteiger partial charge in [-0.1, -0.05) is 33.6 Å². The average molecular weight is 261 g/mol. The highest BCUT2D eigenvalue weighted by Crippen LogP contribution is 2.28. The summed E-state index contributed by atoms with van der Waals surface area (Å²) in [6, 6.07) is 0.172. The van der Waals surface area contributed by atoms with E-state index >= 15 is 0 Å². The van der Waals surface area contributed by atoms with Gasteiger partial charge < -0.3 is 5.32 Å². The van der Waals surface area contributed by atoms with Crippen molar-refractivity contribution >= 4 is 9.84 Å². The van der Waals surface area contributed by atoms with Crippen LogP contribution in [0.15, 0.2) is 0 Å². The van der Waals surface area contributed by atoms with Crippen LogP contribution >= 0.6 is 0 Å². The van der Waals surface area contributed by atoms with Gasteiger partial charge in [-0.15, -0.1) is 0 Å². The van der Waals surface area contributed by atoms with E-state index in [0.717, 1.165) is 6.54 Å². The average Bonchev–Trinajstić information content (AvgIpc) is 2.66. The molecule has 4 heteroatoms. The van der Waals surface area contributed by atoms with Gasteiger partial charge in [0.2, 0.25) is 0 Å². The molecule has 0 radical (unpaired) electrons. The second kappa shape index (κ2) is 6.74. The fourth-order valence-electron chi connectivity index (χ4n) is 2.83. The molecule has 1 aliphatic rings. The molecule has 0 aliphatic heterocycles. The summed E-state index contributed by atoms with van der Waals surface area (Å²) in [6.45, 7) is 6.85. The highest BCUT2D eigenvalue weighted by Gasteiger charge is 2.28. The lowest BCUT2D eigenvalue weighted by Crippen LogP contribution is -2.41. The zero-order chi connectivity index (χ0) is 12.9. The van der Waals surface area contributed by atoms with E-state index in [0.29, 0.717) is 17.4 Å². The molecule has 3 nitrogen and oxygen atoms in total. The van der Waals surface area contributed by atoms with Crippen molar-refractivity contribution in [3.8, 4) is 0 Å². The van der Waals surface area contributed by atoms with Crippen LogP contribution in [-0.4, -0.2) is 32.5 Å². The van der Waals surface area contributed by atoms with Crippen LogP contribution in [-0.2, 0) is 9.84 Å². The normalized spacial score (nSPS) is 20.0. The maximum atomic E-state index is 12.0. The van der Waals surface area contributed by atoms with Gasteiger partial charge in [0.25, 0.3) is 0 Å². The second-order valence-electron chi connectivity index (χ2n) is 5.68. The summed E-state index contributed by atoms with van der Waals surface area (Å²) in [7, 11) is -2.90. The van der Waals surface area contributed by atoms with E-state index in [1.54, 1.807) is 0 Å². The molecule has 0 heterocycles. The highest BCUT2D eigenvalue weighted by atomic mass is 32.2. The smallest absolute Gasteiger partial charge is 0.152 e. The Kier molecular flexibility index (Phi) is 5.93.